The second-order valence-electron chi connectivity index (χ2n) is 5.02. The summed E-state index contributed by atoms with van der Waals surface area (Å²) < 4.78 is 0.898. The minimum Gasteiger partial charge on any atom is -0.381 e. The van der Waals surface area contributed by atoms with E-state index in [0.29, 0.717) is 6.04 Å². The van der Waals surface area contributed by atoms with Crippen LogP contribution in [-0.2, 0) is 0 Å². The van der Waals surface area contributed by atoms with Crippen molar-refractivity contribution in [3.63, 3.8) is 0 Å². The third-order valence-electron chi connectivity index (χ3n) is 3.64. The van der Waals surface area contributed by atoms with Crippen LogP contribution in [0.1, 0.15) is 45.4 Å². The molecular formula is C14H21BrN2. The van der Waals surface area contributed by atoms with Crippen LogP contribution in [0.4, 0.5) is 5.69 Å². The van der Waals surface area contributed by atoms with Crippen molar-refractivity contribution in [1.29, 1.82) is 0 Å². The fraction of sp³-hybridized carbons (Fsp3) is 0.643. The Kier molecular flexibility index (Phi) is 4.84. The maximum Gasteiger partial charge on any atom is 0.106 e. The summed E-state index contributed by atoms with van der Waals surface area (Å²) >= 11 is 3.36. The number of rotatable bonds is 4. The van der Waals surface area contributed by atoms with Crippen LogP contribution in [0.3, 0.4) is 0 Å². The van der Waals surface area contributed by atoms with E-state index in [9.17, 15) is 0 Å². The normalized spacial score (nSPS) is 24.6. The quantitative estimate of drug-likeness (QED) is 0.821. The van der Waals surface area contributed by atoms with E-state index >= 15 is 0 Å². The summed E-state index contributed by atoms with van der Waals surface area (Å²) in [7, 11) is 0. The van der Waals surface area contributed by atoms with Crippen molar-refractivity contribution in [2.75, 3.05) is 5.32 Å². The molecule has 0 bridgehead atoms. The molecule has 1 aliphatic carbocycles. The van der Waals surface area contributed by atoms with Gasteiger partial charge in [0, 0.05) is 6.04 Å². The zero-order valence-corrected chi connectivity index (χ0v) is 12.0. The van der Waals surface area contributed by atoms with Gasteiger partial charge in [-0.3, -0.25) is 0 Å². The first-order valence-electron chi connectivity index (χ1n) is 6.66. The van der Waals surface area contributed by atoms with Crippen LogP contribution in [0.25, 0.3) is 0 Å². The van der Waals surface area contributed by atoms with Gasteiger partial charge in [0.1, 0.15) is 4.60 Å². The van der Waals surface area contributed by atoms with E-state index in [-0.39, 0.29) is 0 Å². The maximum absolute atomic E-state index is 4.24. The van der Waals surface area contributed by atoms with Gasteiger partial charge < -0.3 is 5.32 Å². The summed E-state index contributed by atoms with van der Waals surface area (Å²) in [5, 5.41) is 3.59. The second-order valence-corrected chi connectivity index (χ2v) is 5.83. The molecule has 0 atom stereocenters. The lowest BCUT2D eigenvalue weighted by atomic mass is 9.83. The molecule has 1 heterocycles. The average Bonchev–Trinajstić information content (AvgIpc) is 2.35. The monoisotopic (exact) mass is 296 g/mol. The van der Waals surface area contributed by atoms with Crippen LogP contribution >= 0.6 is 15.9 Å². The number of hydrogen-bond donors (Lipinski definition) is 1. The van der Waals surface area contributed by atoms with E-state index in [1.54, 1.807) is 0 Å². The van der Waals surface area contributed by atoms with Gasteiger partial charge in [0.25, 0.3) is 0 Å². The smallest absolute Gasteiger partial charge is 0.106 e. The topological polar surface area (TPSA) is 24.9 Å². The van der Waals surface area contributed by atoms with Gasteiger partial charge in [0.15, 0.2) is 0 Å². The number of aromatic nitrogens is 1. The molecule has 1 aromatic heterocycles. The van der Waals surface area contributed by atoms with Crippen LogP contribution in [0.2, 0.25) is 0 Å². The highest BCUT2D eigenvalue weighted by atomic mass is 79.9. The fourth-order valence-corrected chi connectivity index (χ4v) is 2.94. The van der Waals surface area contributed by atoms with Crippen LogP contribution in [-0.4, -0.2) is 11.0 Å². The van der Waals surface area contributed by atoms with Crippen molar-refractivity contribution >= 4 is 21.6 Å². The molecule has 17 heavy (non-hydrogen) atoms. The number of pyridine rings is 1. The highest BCUT2D eigenvalue weighted by Gasteiger charge is 2.20. The minimum absolute atomic E-state index is 0.645. The summed E-state index contributed by atoms with van der Waals surface area (Å²) in [6.07, 6.45) is 10.0. The first-order valence-corrected chi connectivity index (χ1v) is 7.45. The molecule has 0 saturated heterocycles. The van der Waals surface area contributed by atoms with Crippen molar-refractivity contribution in [3.05, 3.63) is 22.9 Å². The van der Waals surface area contributed by atoms with E-state index in [2.05, 4.69) is 39.2 Å². The van der Waals surface area contributed by atoms with Crippen LogP contribution < -0.4 is 5.32 Å². The minimum atomic E-state index is 0.645. The standard InChI is InChI=1S/C14H21BrN2/c1-2-3-11-4-6-12(7-5-11)17-13-8-9-14(15)16-10-13/h8-12,17H,2-7H2,1H3. The number of nitrogens with zero attached hydrogens (tertiary/aromatic N) is 1. The Balaban J connectivity index is 1.79. The second kappa shape index (κ2) is 6.39. The summed E-state index contributed by atoms with van der Waals surface area (Å²) in [5.74, 6) is 0.973. The summed E-state index contributed by atoms with van der Waals surface area (Å²) in [6.45, 7) is 2.29. The Morgan fingerprint density at radius 3 is 2.65 bits per heavy atom. The van der Waals surface area contributed by atoms with Crippen LogP contribution in [0.15, 0.2) is 22.9 Å². The first-order chi connectivity index (χ1) is 8.28. The van der Waals surface area contributed by atoms with E-state index in [4.69, 9.17) is 0 Å². The van der Waals surface area contributed by atoms with Gasteiger partial charge in [-0.05, 0) is 59.7 Å². The molecular weight excluding hydrogens is 276 g/mol. The van der Waals surface area contributed by atoms with Gasteiger partial charge in [0.05, 0.1) is 11.9 Å². The summed E-state index contributed by atoms with van der Waals surface area (Å²) in [5.41, 5.74) is 1.15. The summed E-state index contributed by atoms with van der Waals surface area (Å²) in [4.78, 5) is 4.24. The highest BCUT2D eigenvalue weighted by Crippen LogP contribution is 2.29. The van der Waals surface area contributed by atoms with Gasteiger partial charge in [-0.1, -0.05) is 19.8 Å². The molecule has 0 amide bonds. The lowest BCUT2D eigenvalue weighted by molar-refractivity contribution is 0.319. The Morgan fingerprint density at radius 1 is 1.29 bits per heavy atom. The molecule has 0 aliphatic heterocycles. The Morgan fingerprint density at radius 2 is 2.06 bits per heavy atom. The van der Waals surface area contributed by atoms with E-state index in [0.717, 1.165) is 16.2 Å². The highest BCUT2D eigenvalue weighted by molar-refractivity contribution is 9.10. The molecule has 3 heteroatoms. The molecule has 1 saturated carbocycles. The summed E-state index contributed by atoms with van der Waals surface area (Å²) in [6, 6.07) is 4.73. The van der Waals surface area contributed by atoms with Gasteiger partial charge in [-0.15, -0.1) is 0 Å². The Labute approximate surface area is 112 Å². The lowest BCUT2D eigenvalue weighted by Gasteiger charge is -2.29. The molecule has 1 N–H and O–H groups in total. The van der Waals surface area contributed by atoms with E-state index in [1.807, 2.05) is 12.3 Å². The predicted octanol–water partition coefficient (Wildman–Crippen LogP) is 4.61. The third kappa shape index (κ3) is 3.98. The zero-order valence-electron chi connectivity index (χ0n) is 10.5. The van der Waals surface area contributed by atoms with Gasteiger partial charge in [0.2, 0.25) is 0 Å². The van der Waals surface area contributed by atoms with Gasteiger partial charge in [-0.25, -0.2) is 4.98 Å². The van der Waals surface area contributed by atoms with Crippen molar-refractivity contribution in [3.8, 4) is 0 Å². The predicted molar refractivity (Wildman–Crippen MR) is 76.2 cm³/mol. The number of anilines is 1. The SMILES string of the molecule is CCCC1CCC(Nc2ccc(Br)nc2)CC1. The van der Waals surface area contributed by atoms with Crippen LogP contribution in [0, 0.1) is 5.92 Å². The molecule has 0 unspecified atom stereocenters. The Bertz CT molecular complexity index is 329. The molecule has 2 rings (SSSR count). The molecule has 2 nitrogen and oxygen atoms in total. The third-order valence-corrected chi connectivity index (χ3v) is 4.11. The van der Waals surface area contributed by atoms with Crippen LogP contribution in [0.5, 0.6) is 0 Å². The van der Waals surface area contributed by atoms with E-state index in [1.165, 1.54) is 38.5 Å². The first kappa shape index (κ1) is 12.9. The number of nitrogens with one attached hydrogen (secondary N) is 1. The number of hydrogen-bond acceptors (Lipinski definition) is 2. The Hall–Kier alpha value is -0.570. The van der Waals surface area contributed by atoms with Crippen molar-refractivity contribution < 1.29 is 0 Å². The molecule has 0 aromatic carbocycles. The zero-order chi connectivity index (χ0) is 12.1. The van der Waals surface area contributed by atoms with Gasteiger partial charge in [-0.2, -0.15) is 0 Å². The number of halogens is 1. The van der Waals surface area contributed by atoms with Gasteiger partial charge >= 0.3 is 0 Å². The fourth-order valence-electron chi connectivity index (χ4n) is 2.70. The molecule has 0 spiro atoms. The van der Waals surface area contributed by atoms with E-state index < -0.39 is 0 Å². The largest absolute Gasteiger partial charge is 0.381 e. The molecule has 1 aromatic rings. The average molecular weight is 297 g/mol. The molecule has 1 aliphatic rings. The van der Waals surface area contributed by atoms with Crippen molar-refractivity contribution in [1.82, 2.24) is 4.98 Å². The molecule has 1 fully saturated rings. The maximum atomic E-state index is 4.24. The lowest BCUT2D eigenvalue weighted by Crippen LogP contribution is -2.26. The molecule has 94 valence electrons. The van der Waals surface area contributed by atoms with Crippen molar-refractivity contribution in [2.24, 2.45) is 5.92 Å². The van der Waals surface area contributed by atoms with Crippen molar-refractivity contribution in [2.45, 2.75) is 51.5 Å². The molecule has 0 radical (unpaired) electrons.